The summed E-state index contributed by atoms with van der Waals surface area (Å²) in [6.07, 6.45) is 0. The fourth-order valence-corrected chi connectivity index (χ4v) is 3.77. The highest BCUT2D eigenvalue weighted by molar-refractivity contribution is 7.14. The number of amides is 1. The summed E-state index contributed by atoms with van der Waals surface area (Å²) in [6.45, 7) is 6.10. The fourth-order valence-electron chi connectivity index (χ4n) is 2.78. The molecule has 1 N–H and O–H groups in total. The molecule has 0 aliphatic carbocycles. The van der Waals surface area contributed by atoms with Crippen molar-refractivity contribution in [3.8, 4) is 0 Å². The van der Waals surface area contributed by atoms with Gasteiger partial charge in [0.15, 0.2) is 0 Å². The van der Waals surface area contributed by atoms with Crippen molar-refractivity contribution in [2.45, 2.75) is 19.9 Å². The molecule has 2 heterocycles. The lowest BCUT2D eigenvalue weighted by atomic mass is 10.0. The van der Waals surface area contributed by atoms with Crippen LogP contribution in [-0.2, 0) is 0 Å². The van der Waals surface area contributed by atoms with Crippen molar-refractivity contribution in [2.24, 2.45) is 0 Å². The number of aryl methyl sites for hydroxylation is 2. The fraction of sp³-hybridized carbons (Fsp3) is 0.353. The Balaban J connectivity index is 1.90. The van der Waals surface area contributed by atoms with Gasteiger partial charge in [0.2, 0.25) is 0 Å². The molecule has 3 nitrogen and oxygen atoms in total. The topological polar surface area (TPSA) is 32.3 Å². The van der Waals surface area contributed by atoms with Crippen LogP contribution in [0.1, 0.15) is 31.7 Å². The van der Waals surface area contributed by atoms with Crippen molar-refractivity contribution in [1.29, 1.82) is 0 Å². The van der Waals surface area contributed by atoms with Gasteiger partial charge in [0.25, 0.3) is 5.91 Å². The number of piperazine rings is 1. The van der Waals surface area contributed by atoms with Crippen molar-refractivity contribution in [2.75, 3.05) is 19.6 Å². The summed E-state index contributed by atoms with van der Waals surface area (Å²) in [4.78, 5) is 16.6. The van der Waals surface area contributed by atoms with E-state index in [1.807, 2.05) is 30.9 Å². The second-order valence-corrected chi connectivity index (χ2v) is 6.88. The molecule has 1 fully saturated rings. The maximum absolute atomic E-state index is 13.5. The van der Waals surface area contributed by atoms with Gasteiger partial charge in [-0.05, 0) is 43.2 Å². The molecule has 1 aromatic heterocycles. The Kier molecular flexibility index (Phi) is 4.27. The van der Waals surface area contributed by atoms with Gasteiger partial charge >= 0.3 is 0 Å². The number of carbonyl (C=O) groups is 1. The monoisotopic (exact) mass is 318 g/mol. The van der Waals surface area contributed by atoms with Gasteiger partial charge in [-0.1, -0.05) is 12.1 Å². The van der Waals surface area contributed by atoms with Crippen LogP contribution < -0.4 is 5.32 Å². The summed E-state index contributed by atoms with van der Waals surface area (Å²) in [6, 6.07) is 8.35. The molecule has 2 aromatic rings. The third-order valence-electron chi connectivity index (χ3n) is 4.11. The number of halogens is 1. The Bertz CT molecular complexity index is 678. The van der Waals surface area contributed by atoms with E-state index >= 15 is 0 Å². The normalized spacial score (nSPS) is 18.5. The Morgan fingerprint density at radius 2 is 2.18 bits per heavy atom. The lowest BCUT2D eigenvalue weighted by Crippen LogP contribution is -2.48. The van der Waals surface area contributed by atoms with Crippen molar-refractivity contribution < 1.29 is 9.18 Å². The average Bonchev–Trinajstić information content (AvgIpc) is 2.86. The number of hydrogen-bond acceptors (Lipinski definition) is 3. The van der Waals surface area contributed by atoms with Gasteiger partial charge in [-0.15, -0.1) is 11.3 Å². The number of nitrogens with zero attached hydrogens (tertiary/aromatic N) is 1. The van der Waals surface area contributed by atoms with Crippen LogP contribution in [-0.4, -0.2) is 30.4 Å². The molecule has 1 aliphatic heterocycles. The molecule has 22 heavy (non-hydrogen) atoms. The number of hydrogen-bond donors (Lipinski definition) is 1. The smallest absolute Gasteiger partial charge is 0.264 e. The van der Waals surface area contributed by atoms with Crippen LogP contribution in [0, 0.1) is 19.7 Å². The van der Waals surface area contributed by atoms with Crippen LogP contribution >= 0.6 is 11.3 Å². The van der Waals surface area contributed by atoms with Crippen molar-refractivity contribution in [3.63, 3.8) is 0 Å². The highest BCUT2D eigenvalue weighted by atomic mass is 32.1. The molecule has 5 heteroatoms. The summed E-state index contributed by atoms with van der Waals surface area (Å²) < 4.78 is 13.5. The largest absolute Gasteiger partial charge is 0.328 e. The molecular weight excluding hydrogens is 299 g/mol. The second kappa shape index (κ2) is 6.18. The van der Waals surface area contributed by atoms with Gasteiger partial charge in [0, 0.05) is 24.5 Å². The first-order valence-corrected chi connectivity index (χ1v) is 8.22. The minimum absolute atomic E-state index is 0.0389. The lowest BCUT2D eigenvalue weighted by molar-refractivity contribution is 0.0639. The van der Waals surface area contributed by atoms with Gasteiger partial charge in [0.1, 0.15) is 5.82 Å². The maximum atomic E-state index is 13.5. The molecule has 1 aliphatic rings. The predicted molar refractivity (Wildman–Crippen MR) is 86.8 cm³/mol. The number of carbonyl (C=O) groups excluding carboxylic acids is 1. The summed E-state index contributed by atoms with van der Waals surface area (Å²) in [5.41, 5.74) is 1.98. The van der Waals surface area contributed by atoms with Gasteiger partial charge in [-0.3, -0.25) is 4.79 Å². The van der Waals surface area contributed by atoms with Gasteiger partial charge in [-0.2, -0.15) is 0 Å². The SMILES string of the molecule is Cc1cc(C(=O)N2CCNCC2c2cccc(F)c2)sc1C. The van der Waals surface area contributed by atoms with E-state index in [1.165, 1.54) is 28.3 Å². The quantitative estimate of drug-likeness (QED) is 0.921. The van der Waals surface area contributed by atoms with E-state index < -0.39 is 0 Å². The van der Waals surface area contributed by atoms with Crippen LogP contribution in [0.3, 0.4) is 0 Å². The number of rotatable bonds is 2. The molecule has 3 rings (SSSR count). The van der Waals surface area contributed by atoms with E-state index in [0.717, 1.165) is 22.5 Å². The molecule has 1 atom stereocenters. The highest BCUT2D eigenvalue weighted by Gasteiger charge is 2.29. The molecule has 1 aromatic carbocycles. The van der Waals surface area contributed by atoms with Crippen LogP contribution in [0.15, 0.2) is 30.3 Å². The number of benzene rings is 1. The van der Waals surface area contributed by atoms with E-state index in [1.54, 1.807) is 6.07 Å². The van der Waals surface area contributed by atoms with Crippen LogP contribution in [0.25, 0.3) is 0 Å². The van der Waals surface area contributed by atoms with E-state index in [2.05, 4.69) is 5.32 Å². The third-order valence-corrected chi connectivity index (χ3v) is 5.26. The van der Waals surface area contributed by atoms with E-state index in [0.29, 0.717) is 13.1 Å². The first kappa shape index (κ1) is 15.2. The van der Waals surface area contributed by atoms with Crippen molar-refractivity contribution in [3.05, 3.63) is 57.0 Å². The first-order chi connectivity index (χ1) is 10.6. The summed E-state index contributed by atoms with van der Waals surface area (Å²) in [5.74, 6) is -0.227. The highest BCUT2D eigenvalue weighted by Crippen LogP contribution is 2.28. The Hall–Kier alpha value is -1.72. The molecular formula is C17H19FN2OS. The number of thiophene rings is 1. The average molecular weight is 318 g/mol. The standard InChI is InChI=1S/C17H19FN2OS/c1-11-8-16(22-12(11)2)17(21)20-7-6-19-10-15(20)13-4-3-5-14(18)9-13/h3-5,8-9,15,19H,6-7,10H2,1-2H3. The Morgan fingerprint density at radius 3 is 2.86 bits per heavy atom. The van der Waals surface area contributed by atoms with Gasteiger partial charge in [-0.25, -0.2) is 4.39 Å². The summed E-state index contributed by atoms with van der Waals surface area (Å²) in [7, 11) is 0. The van der Waals surface area contributed by atoms with E-state index in [4.69, 9.17) is 0 Å². The molecule has 0 bridgehead atoms. The summed E-state index contributed by atoms with van der Waals surface area (Å²) in [5, 5.41) is 3.29. The minimum Gasteiger partial charge on any atom is -0.328 e. The predicted octanol–water partition coefficient (Wildman–Crippen LogP) is 3.29. The van der Waals surface area contributed by atoms with Crippen LogP contribution in [0.4, 0.5) is 4.39 Å². The van der Waals surface area contributed by atoms with Gasteiger partial charge < -0.3 is 10.2 Å². The molecule has 0 radical (unpaired) electrons. The minimum atomic E-state index is -0.265. The molecule has 1 amide bonds. The zero-order chi connectivity index (χ0) is 15.7. The van der Waals surface area contributed by atoms with E-state index in [9.17, 15) is 9.18 Å². The molecule has 1 saturated heterocycles. The van der Waals surface area contributed by atoms with Gasteiger partial charge in [0.05, 0.1) is 10.9 Å². The number of nitrogens with one attached hydrogen (secondary N) is 1. The Morgan fingerprint density at radius 1 is 1.36 bits per heavy atom. The van der Waals surface area contributed by atoms with Crippen LogP contribution in [0.5, 0.6) is 0 Å². The lowest BCUT2D eigenvalue weighted by Gasteiger charge is -2.36. The zero-order valence-corrected chi connectivity index (χ0v) is 13.5. The molecule has 0 saturated carbocycles. The Labute approximate surface area is 133 Å². The van der Waals surface area contributed by atoms with E-state index in [-0.39, 0.29) is 17.8 Å². The maximum Gasteiger partial charge on any atom is 0.264 e. The summed E-state index contributed by atoms with van der Waals surface area (Å²) >= 11 is 1.53. The third kappa shape index (κ3) is 2.91. The first-order valence-electron chi connectivity index (χ1n) is 7.40. The zero-order valence-electron chi connectivity index (χ0n) is 12.7. The van der Waals surface area contributed by atoms with Crippen molar-refractivity contribution in [1.82, 2.24) is 10.2 Å². The molecule has 0 spiro atoms. The second-order valence-electron chi connectivity index (χ2n) is 5.62. The van der Waals surface area contributed by atoms with Crippen molar-refractivity contribution >= 4 is 17.2 Å². The molecule has 1 unspecified atom stereocenters. The molecule has 116 valence electrons. The van der Waals surface area contributed by atoms with Crippen LogP contribution in [0.2, 0.25) is 0 Å².